The third-order valence-corrected chi connectivity index (χ3v) is 4.73. The van der Waals surface area contributed by atoms with Gasteiger partial charge in [-0.2, -0.15) is 0 Å². The number of allylic oxidation sites excluding steroid dienone is 4. The fourth-order valence-corrected chi connectivity index (χ4v) is 2.73. The Bertz CT molecular complexity index is 120. The zero-order valence-electron chi connectivity index (χ0n) is 5.57. The molecule has 0 saturated carbocycles. The van der Waals surface area contributed by atoms with E-state index in [1.165, 1.54) is 6.42 Å². The molecule has 4 heteroatoms. The van der Waals surface area contributed by atoms with Crippen LogP contribution in [0.1, 0.15) is 6.42 Å². The summed E-state index contributed by atoms with van der Waals surface area (Å²) in [6, 6.07) is 0. The molecule has 0 aromatic rings. The topological polar surface area (TPSA) is 0 Å². The van der Waals surface area contributed by atoms with Gasteiger partial charge in [0.1, 0.15) is 0 Å². The average molecular weight is 365 g/mol. The van der Waals surface area contributed by atoms with Crippen molar-refractivity contribution in [2.75, 3.05) is 0 Å². The van der Waals surface area contributed by atoms with Crippen LogP contribution in [0.15, 0.2) is 21.6 Å². The van der Waals surface area contributed by atoms with E-state index in [2.05, 4.69) is 22.9 Å². The molecule has 10 heavy (non-hydrogen) atoms. The largest absolute Gasteiger partial charge is 1.00 e. The van der Waals surface area contributed by atoms with Gasteiger partial charge in [0.25, 0.3) is 0 Å². The monoisotopic (exact) mass is 365 g/mol. The Balaban J connectivity index is -0.000000163. The first-order chi connectivity index (χ1) is 3.43. The summed E-state index contributed by atoms with van der Waals surface area (Å²) in [6.45, 7) is 0. The van der Waals surface area contributed by atoms with Crippen molar-refractivity contribution in [3.63, 3.8) is 0 Å². The molecule has 1 aliphatic rings. The molecule has 0 unspecified atom stereocenters. The van der Waals surface area contributed by atoms with Crippen LogP contribution >= 0.6 is 0 Å². The second-order valence-corrected chi connectivity index (χ2v) is 5.68. The number of halogens is 3. The fourth-order valence-electron chi connectivity index (χ4n) is 0.633. The Labute approximate surface area is 92.1 Å². The summed E-state index contributed by atoms with van der Waals surface area (Å²) in [5.74, 6) is 0. The van der Waals surface area contributed by atoms with Gasteiger partial charge in [-0.05, 0) is 0 Å². The molecule has 0 radical (unpaired) electrons. The molecular formula is C6H8Cl3Hf. The van der Waals surface area contributed by atoms with Crippen molar-refractivity contribution >= 4 is 0 Å². The zero-order chi connectivity index (χ0) is 5.11. The van der Waals surface area contributed by atoms with Crippen LogP contribution in [0.3, 0.4) is 0 Å². The maximum Gasteiger partial charge on any atom is -1.00 e. The fraction of sp³-hybridized carbons (Fsp3) is 0.333. The first-order valence-corrected chi connectivity index (χ1v) is 7.86. The Hall–Kier alpha value is 1.22. The molecule has 0 aromatic carbocycles. The van der Waals surface area contributed by atoms with Gasteiger partial charge in [0.05, 0.1) is 0 Å². The van der Waals surface area contributed by atoms with E-state index < -0.39 is 0 Å². The molecule has 0 spiro atoms. The second kappa shape index (κ2) is 10.2. The van der Waals surface area contributed by atoms with Crippen molar-refractivity contribution in [2.45, 2.75) is 11.1 Å². The van der Waals surface area contributed by atoms with E-state index in [1.807, 2.05) is 0 Å². The van der Waals surface area contributed by atoms with Crippen LogP contribution in [-0.4, -0.2) is 0 Å². The number of rotatable bonds is 1. The first kappa shape index (κ1) is 17.3. The molecule has 0 amide bonds. The van der Waals surface area contributed by atoms with Gasteiger partial charge in [-0.1, -0.05) is 0 Å². The molecule has 0 atom stereocenters. The van der Waals surface area contributed by atoms with Crippen molar-refractivity contribution < 1.29 is 60.1 Å². The van der Waals surface area contributed by atoms with Gasteiger partial charge in [0.2, 0.25) is 0 Å². The van der Waals surface area contributed by atoms with Crippen LogP contribution in [0.4, 0.5) is 0 Å². The Morgan fingerprint density at radius 3 is 2.10 bits per heavy atom. The summed E-state index contributed by atoms with van der Waals surface area (Å²) >= 11 is -0.221. The van der Waals surface area contributed by atoms with Gasteiger partial charge in [-0.3, -0.25) is 0 Å². The van der Waals surface area contributed by atoms with Crippen molar-refractivity contribution in [3.8, 4) is 0 Å². The van der Waals surface area contributed by atoms with Gasteiger partial charge in [-0.25, -0.2) is 0 Å². The van der Waals surface area contributed by atoms with Crippen LogP contribution in [0, 0.1) is 0 Å². The Morgan fingerprint density at radius 1 is 1.30 bits per heavy atom. The van der Waals surface area contributed by atoms with E-state index in [4.69, 9.17) is 0 Å². The molecule has 0 aromatic heterocycles. The van der Waals surface area contributed by atoms with Crippen LogP contribution in [0.5, 0.6) is 0 Å². The minimum Gasteiger partial charge on any atom is -1.00 e. The third kappa shape index (κ3) is 5.96. The van der Waals surface area contributed by atoms with Crippen molar-refractivity contribution in [3.05, 3.63) is 21.6 Å². The predicted octanol–water partition coefficient (Wildman–Crippen LogP) is -7.03. The second-order valence-electron chi connectivity index (χ2n) is 1.57. The van der Waals surface area contributed by atoms with Crippen LogP contribution in [-0.2, 0) is 22.9 Å². The Kier molecular flexibility index (Phi) is 17.7. The average Bonchev–Trinajstić information content (AvgIpc) is 2.14. The normalized spacial score (nSPS) is 11.5. The van der Waals surface area contributed by atoms with E-state index >= 15 is 0 Å². The van der Waals surface area contributed by atoms with Gasteiger partial charge in [0.15, 0.2) is 0 Å². The zero-order valence-corrected chi connectivity index (χ0v) is 11.4. The van der Waals surface area contributed by atoms with Crippen molar-refractivity contribution in [1.29, 1.82) is 0 Å². The van der Waals surface area contributed by atoms with Gasteiger partial charge in [0, 0.05) is 0 Å². The summed E-state index contributed by atoms with van der Waals surface area (Å²) in [5, 5.41) is 0. The van der Waals surface area contributed by atoms with Crippen molar-refractivity contribution in [1.82, 2.24) is 0 Å². The van der Waals surface area contributed by atoms with Crippen LogP contribution in [0.2, 0.25) is 4.68 Å². The summed E-state index contributed by atoms with van der Waals surface area (Å²) in [5.41, 5.74) is 0. The molecule has 0 bridgehead atoms. The smallest absolute Gasteiger partial charge is 1.00 e. The molecular weight excluding hydrogens is 357 g/mol. The summed E-state index contributed by atoms with van der Waals surface area (Å²) in [4.78, 5) is 0. The third-order valence-electron chi connectivity index (χ3n) is 1.09. The molecule has 1 aliphatic carbocycles. The molecule has 0 heterocycles. The number of hydrogen-bond acceptors (Lipinski definition) is 0. The standard InChI is InChI=1S/C5H5.CH3.3ClH.Hf/c1-2-4-5-3-1;;;;;/h1-3H,4H2;1H3;3*1H;/q;;;;;+3/p-3. The van der Waals surface area contributed by atoms with E-state index in [-0.39, 0.29) is 60.1 Å². The summed E-state index contributed by atoms with van der Waals surface area (Å²) in [6.07, 6.45) is 7.97. The molecule has 57 valence electrons. The molecule has 1 rings (SSSR count). The SMILES string of the molecule is [CH3][Hf+3][C]1=CC=CC1.[Cl-].[Cl-].[Cl-]. The minimum atomic E-state index is -0.221. The Morgan fingerprint density at radius 2 is 1.90 bits per heavy atom. The van der Waals surface area contributed by atoms with E-state index in [9.17, 15) is 0 Å². The van der Waals surface area contributed by atoms with E-state index in [0.717, 1.165) is 0 Å². The van der Waals surface area contributed by atoms with Gasteiger partial charge >= 0.3 is 55.6 Å². The molecule has 0 nitrogen and oxygen atoms in total. The predicted molar refractivity (Wildman–Crippen MR) is 27.7 cm³/mol. The molecule has 0 N–H and O–H groups in total. The van der Waals surface area contributed by atoms with Gasteiger partial charge in [-0.15, -0.1) is 0 Å². The van der Waals surface area contributed by atoms with Crippen LogP contribution in [0.25, 0.3) is 0 Å². The quantitative estimate of drug-likeness (QED) is 0.406. The summed E-state index contributed by atoms with van der Waals surface area (Å²) in [7, 11) is 0. The van der Waals surface area contributed by atoms with Crippen molar-refractivity contribution in [2.24, 2.45) is 0 Å². The molecule has 0 saturated heterocycles. The number of hydrogen-bond donors (Lipinski definition) is 0. The van der Waals surface area contributed by atoms with Crippen LogP contribution < -0.4 is 37.2 Å². The minimum absolute atomic E-state index is 0. The summed E-state index contributed by atoms with van der Waals surface area (Å²) < 4.78 is 4.14. The van der Waals surface area contributed by atoms with E-state index in [0.29, 0.717) is 0 Å². The first-order valence-electron chi connectivity index (χ1n) is 2.47. The van der Waals surface area contributed by atoms with Gasteiger partial charge < -0.3 is 37.2 Å². The maximum absolute atomic E-state index is 2.39. The molecule has 0 fully saturated rings. The molecule has 0 aliphatic heterocycles. The maximum atomic E-state index is 2.39. The van der Waals surface area contributed by atoms with E-state index in [1.54, 1.807) is 3.33 Å².